The van der Waals surface area contributed by atoms with Crippen LogP contribution >= 0.6 is 27.3 Å². The largest absolute Gasteiger partial charge is 0.493 e. The Labute approximate surface area is 249 Å². The number of ether oxygens (including phenoxy) is 3. The van der Waals surface area contributed by atoms with Gasteiger partial charge < -0.3 is 14.2 Å². The minimum atomic E-state index is -0.732. The second kappa shape index (κ2) is 12.4. The number of halogens is 1. The summed E-state index contributed by atoms with van der Waals surface area (Å²) in [5, 5.41) is 0. The van der Waals surface area contributed by atoms with Gasteiger partial charge >= 0.3 is 5.97 Å². The molecule has 0 spiro atoms. The first-order valence-corrected chi connectivity index (χ1v) is 14.3. The Balaban J connectivity index is 1.76. The normalized spacial score (nSPS) is 14.6. The molecular formula is C32H25BrN2O5S. The standard InChI is InChI=1S/C32H25BrN2O5S/c1-4-16-40-29-23(33)17-20(18-24(29)38-3)19-25-30(36)35-28(22-14-10-7-11-15-22)26(31(37)39-5-2)27(34-32(35)41-25)21-12-8-6-9-13-21/h1,6-15,17-19,28H,5,16H2,2-3H3/b25-19+/t28-/m0/s1. The van der Waals surface area contributed by atoms with Crippen LogP contribution < -0.4 is 24.4 Å². The first kappa shape index (κ1) is 28.1. The minimum absolute atomic E-state index is 0.0823. The van der Waals surface area contributed by atoms with Gasteiger partial charge in [-0.15, -0.1) is 6.42 Å². The molecule has 41 heavy (non-hydrogen) atoms. The number of aromatic nitrogens is 1. The lowest BCUT2D eigenvalue weighted by atomic mass is 9.93. The van der Waals surface area contributed by atoms with Gasteiger partial charge in [-0.1, -0.05) is 77.9 Å². The van der Waals surface area contributed by atoms with Crippen molar-refractivity contribution in [1.82, 2.24) is 4.57 Å². The Morgan fingerprint density at radius 1 is 1.15 bits per heavy atom. The number of carbonyl (C=O) groups is 1. The van der Waals surface area contributed by atoms with E-state index in [1.165, 1.54) is 18.4 Å². The van der Waals surface area contributed by atoms with Gasteiger partial charge in [0.05, 0.1) is 40.0 Å². The first-order valence-electron chi connectivity index (χ1n) is 12.7. The van der Waals surface area contributed by atoms with Crippen LogP contribution in [0.4, 0.5) is 0 Å². The summed E-state index contributed by atoms with van der Waals surface area (Å²) in [5.41, 5.74) is 2.74. The van der Waals surface area contributed by atoms with Gasteiger partial charge in [0.2, 0.25) is 0 Å². The van der Waals surface area contributed by atoms with E-state index in [9.17, 15) is 9.59 Å². The quantitative estimate of drug-likeness (QED) is 0.208. The van der Waals surface area contributed by atoms with Crippen molar-refractivity contribution in [3.63, 3.8) is 0 Å². The van der Waals surface area contributed by atoms with Crippen molar-refractivity contribution in [2.75, 3.05) is 20.3 Å². The van der Waals surface area contributed by atoms with Gasteiger partial charge in [0.1, 0.15) is 6.61 Å². The SMILES string of the molecule is C#CCOc1c(Br)cc(/C=c2/sc3n(c2=O)[C@@H](c2ccccc2)C(C(=O)OCC)=C(c2ccccc2)N=3)cc1OC. The molecule has 4 aromatic rings. The number of nitrogens with zero attached hydrogens (tertiary/aromatic N) is 2. The molecule has 0 amide bonds. The molecule has 0 saturated heterocycles. The zero-order chi connectivity index (χ0) is 28.9. The average Bonchev–Trinajstić information content (AvgIpc) is 3.30. The lowest BCUT2D eigenvalue weighted by Crippen LogP contribution is -2.39. The fourth-order valence-corrected chi connectivity index (χ4v) is 6.19. The molecule has 0 saturated carbocycles. The van der Waals surface area contributed by atoms with Crippen molar-refractivity contribution < 1.29 is 19.0 Å². The van der Waals surface area contributed by atoms with Crippen LogP contribution in [-0.4, -0.2) is 30.9 Å². The van der Waals surface area contributed by atoms with Gasteiger partial charge in [-0.3, -0.25) is 9.36 Å². The van der Waals surface area contributed by atoms with Crippen molar-refractivity contribution in [2.24, 2.45) is 4.99 Å². The molecule has 1 aliphatic heterocycles. The van der Waals surface area contributed by atoms with E-state index in [1.54, 1.807) is 23.6 Å². The highest BCUT2D eigenvalue weighted by Gasteiger charge is 2.35. The number of hydrogen-bond donors (Lipinski definition) is 0. The molecule has 9 heteroatoms. The summed E-state index contributed by atoms with van der Waals surface area (Å²) in [4.78, 5) is 32.9. The molecule has 1 aliphatic rings. The van der Waals surface area contributed by atoms with E-state index < -0.39 is 12.0 Å². The van der Waals surface area contributed by atoms with E-state index in [0.717, 1.165) is 11.1 Å². The lowest BCUT2D eigenvalue weighted by molar-refractivity contribution is -0.138. The zero-order valence-electron chi connectivity index (χ0n) is 22.3. The molecule has 206 valence electrons. The third kappa shape index (κ3) is 5.62. The third-order valence-corrected chi connectivity index (χ3v) is 7.91. The Hall–Kier alpha value is -4.39. The predicted molar refractivity (Wildman–Crippen MR) is 163 cm³/mol. The summed E-state index contributed by atoms with van der Waals surface area (Å²) >= 11 is 4.77. The smallest absolute Gasteiger partial charge is 0.338 e. The Kier molecular flexibility index (Phi) is 8.53. The van der Waals surface area contributed by atoms with E-state index in [2.05, 4.69) is 21.9 Å². The zero-order valence-corrected chi connectivity index (χ0v) is 24.7. The number of fused-ring (bicyclic) bond motifs is 1. The third-order valence-electron chi connectivity index (χ3n) is 6.34. The van der Waals surface area contributed by atoms with Crippen LogP contribution in [0.2, 0.25) is 0 Å². The Bertz CT molecular complexity index is 1850. The number of esters is 1. The fraction of sp³-hybridized carbons (Fsp3) is 0.156. The van der Waals surface area contributed by atoms with Crippen LogP contribution in [0.25, 0.3) is 11.8 Å². The van der Waals surface area contributed by atoms with E-state index in [1.807, 2.05) is 66.7 Å². The maximum atomic E-state index is 14.0. The van der Waals surface area contributed by atoms with Crippen molar-refractivity contribution in [3.05, 3.63) is 119 Å². The van der Waals surface area contributed by atoms with Crippen molar-refractivity contribution >= 4 is 45.0 Å². The summed E-state index contributed by atoms with van der Waals surface area (Å²) in [6.45, 7) is 2.02. The van der Waals surface area contributed by atoms with Gasteiger partial charge in [-0.2, -0.15) is 0 Å². The highest BCUT2D eigenvalue weighted by molar-refractivity contribution is 9.10. The van der Waals surface area contributed by atoms with Gasteiger partial charge in [0, 0.05) is 5.56 Å². The number of thiazole rings is 1. The molecule has 0 radical (unpaired) electrons. The van der Waals surface area contributed by atoms with E-state index in [-0.39, 0.29) is 18.8 Å². The minimum Gasteiger partial charge on any atom is -0.493 e. The van der Waals surface area contributed by atoms with Gasteiger partial charge in [0.25, 0.3) is 5.56 Å². The summed E-state index contributed by atoms with van der Waals surface area (Å²) in [5.74, 6) is 2.86. The summed E-state index contributed by atoms with van der Waals surface area (Å²) < 4.78 is 19.3. The number of carbonyl (C=O) groups excluding carboxylic acids is 1. The first-order chi connectivity index (χ1) is 20.0. The van der Waals surface area contributed by atoms with Crippen LogP contribution in [0.3, 0.4) is 0 Å². The van der Waals surface area contributed by atoms with Crippen LogP contribution in [0, 0.1) is 12.3 Å². The molecule has 1 aromatic heterocycles. The fourth-order valence-electron chi connectivity index (χ4n) is 4.62. The second-order valence-electron chi connectivity index (χ2n) is 8.87. The molecule has 1 atom stereocenters. The molecule has 2 heterocycles. The maximum Gasteiger partial charge on any atom is 0.338 e. The summed E-state index contributed by atoms with van der Waals surface area (Å²) in [7, 11) is 1.53. The average molecular weight is 630 g/mol. The lowest BCUT2D eigenvalue weighted by Gasteiger charge is -2.25. The van der Waals surface area contributed by atoms with E-state index in [4.69, 9.17) is 25.6 Å². The Morgan fingerprint density at radius 2 is 1.85 bits per heavy atom. The highest BCUT2D eigenvalue weighted by atomic mass is 79.9. The summed E-state index contributed by atoms with van der Waals surface area (Å²) in [6.07, 6.45) is 7.11. The maximum absolute atomic E-state index is 14.0. The molecule has 3 aromatic carbocycles. The molecule has 0 aliphatic carbocycles. The van der Waals surface area contributed by atoms with Crippen LogP contribution in [0.5, 0.6) is 11.5 Å². The molecule has 0 N–H and O–H groups in total. The predicted octanol–water partition coefficient (Wildman–Crippen LogP) is 4.72. The highest BCUT2D eigenvalue weighted by Crippen LogP contribution is 2.37. The molecule has 7 nitrogen and oxygen atoms in total. The molecule has 5 rings (SSSR count). The molecule has 0 unspecified atom stereocenters. The van der Waals surface area contributed by atoms with Crippen molar-refractivity contribution in [1.29, 1.82) is 0 Å². The molecule has 0 fully saturated rings. The number of terminal acetylenes is 1. The van der Waals surface area contributed by atoms with Crippen LogP contribution in [-0.2, 0) is 9.53 Å². The number of benzene rings is 3. The number of hydrogen-bond acceptors (Lipinski definition) is 7. The van der Waals surface area contributed by atoms with Crippen LogP contribution in [0.1, 0.15) is 29.7 Å². The number of rotatable bonds is 8. The van der Waals surface area contributed by atoms with Gasteiger partial charge in [-0.25, -0.2) is 9.79 Å². The van der Waals surface area contributed by atoms with Crippen LogP contribution in [0.15, 0.2) is 92.6 Å². The molecular weight excluding hydrogens is 604 g/mol. The topological polar surface area (TPSA) is 79.1 Å². The Morgan fingerprint density at radius 3 is 2.51 bits per heavy atom. The monoisotopic (exact) mass is 628 g/mol. The summed E-state index contributed by atoms with van der Waals surface area (Å²) in [6, 6.07) is 21.7. The van der Waals surface area contributed by atoms with Crippen molar-refractivity contribution in [3.8, 4) is 23.8 Å². The van der Waals surface area contributed by atoms with Gasteiger partial charge in [-0.05, 0) is 52.2 Å². The van der Waals surface area contributed by atoms with Gasteiger partial charge in [0.15, 0.2) is 16.3 Å². The number of methoxy groups -OCH3 is 1. The molecule has 0 bridgehead atoms. The van der Waals surface area contributed by atoms with E-state index in [0.29, 0.717) is 42.1 Å². The van der Waals surface area contributed by atoms with Crippen molar-refractivity contribution in [2.45, 2.75) is 13.0 Å². The second-order valence-corrected chi connectivity index (χ2v) is 10.7. The van der Waals surface area contributed by atoms with E-state index >= 15 is 0 Å².